The molecule has 0 aliphatic carbocycles. The van der Waals surface area contributed by atoms with Gasteiger partial charge >= 0.3 is 6.18 Å². The summed E-state index contributed by atoms with van der Waals surface area (Å²) in [6, 6.07) is 4.87. The van der Waals surface area contributed by atoms with Gasteiger partial charge in [0.25, 0.3) is 0 Å². The van der Waals surface area contributed by atoms with Crippen LogP contribution in [0, 0.1) is 11.3 Å². The van der Waals surface area contributed by atoms with Crippen molar-refractivity contribution in [3.63, 3.8) is 0 Å². The molecule has 1 rings (SSSR count). The van der Waals surface area contributed by atoms with Gasteiger partial charge < -0.3 is 10.4 Å². The molecule has 130 valence electrons. The topological polar surface area (TPSA) is 49.3 Å². The first-order valence-corrected chi connectivity index (χ1v) is 7.60. The van der Waals surface area contributed by atoms with Crippen LogP contribution in [0.3, 0.4) is 0 Å². The predicted octanol–water partition coefficient (Wildman–Crippen LogP) is 3.41. The van der Waals surface area contributed by atoms with Crippen molar-refractivity contribution in [1.29, 1.82) is 0 Å². The van der Waals surface area contributed by atoms with Gasteiger partial charge in [0.2, 0.25) is 5.91 Å². The van der Waals surface area contributed by atoms with Gasteiger partial charge in [-0.25, -0.2) is 0 Å². The van der Waals surface area contributed by atoms with Crippen LogP contribution in [0.4, 0.5) is 13.2 Å². The van der Waals surface area contributed by atoms with Crippen LogP contribution < -0.4 is 5.32 Å². The third-order valence-electron chi connectivity index (χ3n) is 3.80. The molecule has 1 aromatic carbocycles. The fourth-order valence-corrected chi connectivity index (χ4v) is 2.17. The summed E-state index contributed by atoms with van der Waals surface area (Å²) in [6.07, 6.45) is -3.38. The van der Waals surface area contributed by atoms with E-state index >= 15 is 0 Å². The third-order valence-corrected chi connectivity index (χ3v) is 3.80. The Bertz CT molecular complexity index is 510. The van der Waals surface area contributed by atoms with Gasteiger partial charge in [-0.2, -0.15) is 13.2 Å². The van der Waals surface area contributed by atoms with Crippen LogP contribution in [0.5, 0.6) is 0 Å². The van der Waals surface area contributed by atoms with E-state index in [1.165, 1.54) is 12.1 Å². The number of benzene rings is 1. The fraction of sp³-hybridized carbons (Fsp3) is 0.588. The highest BCUT2D eigenvalue weighted by Gasteiger charge is 2.30. The molecule has 6 heteroatoms. The lowest BCUT2D eigenvalue weighted by Crippen LogP contribution is -2.37. The van der Waals surface area contributed by atoms with E-state index in [4.69, 9.17) is 5.11 Å². The summed E-state index contributed by atoms with van der Waals surface area (Å²) in [4.78, 5) is 12.1. The quantitative estimate of drug-likeness (QED) is 0.804. The molecule has 0 spiro atoms. The molecule has 0 heterocycles. The lowest BCUT2D eigenvalue weighted by molar-refractivity contribution is -0.137. The van der Waals surface area contributed by atoms with Gasteiger partial charge in [0, 0.05) is 19.1 Å². The zero-order valence-corrected chi connectivity index (χ0v) is 13.7. The van der Waals surface area contributed by atoms with Gasteiger partial charge in [0.15, 0.2) is 0 Å². The maximum absolute atomic E-state index is 12.5. The number of carbonyl (C=O) groups excluding carboxylic acids is 1. The number of nitrogens with one attached hydrogen (secondary N) is 1. The number of hydrogen-bond donors (Lipinski definition) is 2. The number of carbonyl (C=O) groups is 1. The number of amides is 1. The second-order valence-corrected chi connectivity index (χ2v) is 6.66. The van der Waals surface area contributed by atoms with Crippen molar-refractivity contribution in [3.05, 3.63) is 35.4 Å². The number of hydrogen-bond acceptors (Lipinski definition) is 2. The van der Waals surface area contributed by atoms with Gasteiger partial charge in [0.1, 0.15) is 0 Å². The molecule has 1 unspecified atom stereocenters. The minimum atomic E-state index is -4.35. The summed E-state index contributed by atoms with van der Waals surface area (Å²) in [6.45, 7) is 6.15. The minimum Gasteiger partial charge on any atom is -0.396 e. The van der Waals surface area contributed by atoms with Gasteiger partial charge in [-0.1, -0.05) is 32.9 Å². The van der Waals surface area contributed by atoms with E-state index in [2.05, 4.69) is 5.32 Å². The zero-order valence-electron chi connectivity index (χ0n) is 13.7. The molecule has 3 nitrogen and oxygen atoms in total. The highest BCUT2D eigenvalue weighted by Crippen LogP contribution is 2.29. The molecular weight excluding hydrogens is 307 g/mol. The summed E-state index contributed by atoms with van der Waals surface area (Å²) in [7, 11) is 0. The Morgan fingerprint density at radius 2 is 1.78 bits per heavy atom. The van der Waals surface area contributed by atoms with Crippen LogP contribution >= 0.6 is 0 Å². The molecule has 0 bridgehead atoms. The summed E-state index contributed by atoms with van der Waals surface area (Å²) >= 11 is 0. The second kappa shape index (κ2) is 7.81. The summed E-state index contributed by atoms with van der Waals surface area (Å²) in [5.41, 5.74) is -0.197. The van der Waals surface area contributed by atoms with E-state index in [-0.39, 0.29) is 23.8 Å². The normalized spacial score (nSPS) is 13.7. The van der Waals surface area contributed by atoms with Gasteiger partial charge in [-0.3, -0.25) is 4.79 Å². The van der Waals surface area contributed by atoms with E-state index in [1.54, 1.807) is 6.92 Å². The fourth-order valence-electron chi connectivity index (χ4n) is 2.17. The average molecular weight is 331 g/mol. The van der Waals surface area contributed by atoms with E-state index < -0.39 is 11.7 Å². The highest BCUT2D eigenvalue weighted by molar-refractivity contribution is 5.78. The smallest absolute Gasteiger partial charge is 0.396 e. The van der Waals surface area contributed by atoms with Crippen LogP contribution in [0.1, 0.15) is 38.3 Å². The predicted molar refractivity (Wildman–Crippen MR) is 82.8 cm³/mol. The Morgan fingerprint density at radius 1 is 1.22 bits per heavy atom. The first kappa shape index (κ1) is 19.5. The monoisotopic (exact) mass is 331 g/mol. The Labute approximate surface area is 134 Å². The van der Waals surface area contributed by atoms with Crippen LogP contribution in [-0.4, -0.2) is 24.2 Å². The lowest BCUT2D eigenvalue weighted by atomic mass is 9.89. The summed E-state index contributed by atoms with van der Waals surface area (Å²) < 4.78 is 37.5. The number of aliphatic hydroxyl groups is 1. The van der Waals surface area contributed by atoms with E-state index in [0.29, 0.717) is 24.9 Å². The standard InChI is InChI=1S/C17H24F3NO2/c1-12(15(23)21-11-16(2,3)8-9-22)10-13-4-6-14(7-5-13)17(18,19)20/h4-7,12,22H,8-11H2,1-3H3,(H,21,23). The van der Waals surface area contributed by atoms with E-state index in [0.717, 1.165) is 12.1 Å². The first-order chi connectivity index (χ1) is 10.5. The van der Waals surface area contributed by atoms with Crippen molar-refractivity contribution in [2.75, 3.05) is 13.2 Å². The molecule has 23 heavy (non-hydrogen) atoms. The molecule has 0 fully saturated rings. The molecule has 0 saturated heterocycles. The van der Waals surface area contributed by atoms with Crippen LogP contribution in [0.15, 0.2) is 24.3 Å². The Balaban J connectivity index is 2.55. The highest BCUT2D eigenvalue weighted by atomic mass is 19.4. The summed E-state index contributed by atoms with van der Waals surface area (Å²) in [5, 5.41) is 11.8. The minimum absolute atomic E-state index is 0.0595. The van der Waals surface area contributed by atoms with Gasteiger partial charge in [-0.05, 0) is 36.0 Å². The van der Waals surface area contributed by atoms with Crippen LogP contribution in [0.2, 0.25) is 0 Å². The number of rotatable bonds is 7. The Morgan fingerprint density at radius 3 is 2.26 bits per heavy atom. The molecule has 1 aromatic rings. The molecule has 0 aliphatic heterocycles. The number of halogens is 3. The van der Waals surface area contributed by atoms with Crippen molar-refractivity contribution in [2.45, 2.75) is 39.8 Å². The molecule has 0 saturated carbocycles. The lowest BCUT2D eigenvalue weighted by Gasteiger charge is -2.25. The molecular formula is C17H24F3NO2. The van der Waals surface area contributed by atoms with Crippen molar-refractivity contribution in [2.24, 2.45) is 11.3 Å². The number of aliphatic hydroxyl groups excluding tert-OH is 1. The van der Waals surface area contributed by atoms with Crippen molar-refractivity contribution in [3.8, 4) is 0 Å². The van der Waals surface area contributed by atoms with Gasteiger partial charge in [0.05, 0.1) is 5.56 Å². The van der Waals surface area contributed by atoms with Crippen molar-refractivity contribution >= 4 is 5.91 Å². The molecule has 1 amide bonds. The zero-order chi connectivity index (χ0) is 17.7. The molecule has 0 aromatic heterocycles. The average Bonchev–Trinajstić information content (AvgIpc) is 2.44. The second-order valence-electron chi connectivity index (χ2n) is 6.66. The van der Waals surface area contributed by atoms with Gasteiger partial charge in [-0.15, -0.1) is 0 Å². The molecule has 0 aliphatic rings. The SMILES string of the molecule is CC(Cc1ccc(C(F)(F)F)cc1)C(=O)NCC(C)(C)CCO. The van der Waals surface area contributed by atoms with Crippen molar-refractivity contribution < 1.29 is 23.1 Å². The Hall–Kier alpha value is -1.56. The van der Waals surface area contributed by atoms with Crippen LogP contribution in [-0.2, 0) is 17.4 Å². The molecule has 0 radical (unpaired) electrons. The number of alkyl halides is 3. The molecule has 2 N–H and O–H groups in total. The van der Waals surface area contributed by atoms with E-state index in [9.17, 15) is 18.0 Å². The molecule has 1 atom stereocenters. The first-order valence-electron chi connectivity index (χ1n) is 7.60. The summed E-state index contributed by atoms with van der Waals surface area (Å²) in [5.74, 6) is -0.479. The Kier molecular flexibility index (Phi) is 6.62. The largest absolute Gasteiger partial charge is 0.416 e. The maximum Gasteiger partial charge on any atom is 0.416 e. The van der Waals surface area contributed by atoms with Crippen LogP contribution in [0.25, 0.3) is 0 Å². The van der Waals surface area contributed by atoms with E-state index in [1.807, 2.05) is 13.8 Å². The van der Waals surface area contributed by atoms with Crippen molar-refractivity contribution in [1.82, 2.24) is 5.32 Å². The maximum atomic E-state index is 12.5. The third kappa shape index (κ3) is 6.60.